The molecule has 100 valence electrons. The third-order valence-corrected chi connectivity index (χ3v) is 4.68. The number of hydrogen-bond acceptors (Lipinski definition) is 2. The van der Waals surface area contributed by atoms with Crippen LogP contribution >= 0.6 is 11.8 Å². The van der Waals surface area contributed by atoms with Gasteiger partial charge in [0.2, 0.25) is 0 Å². The summed E-state index contributed by atoms with van der Waals surface area (Å²) in [5.74, 6) is 1.04. The van der Waals surface area contributed by atoms with Crippen LogP contribution in [0.1, 0.15) is 25.0 Å². The molecule has 1 aliphatic rings. The van der Waals surface area contributed by atoms with Crippen LogP contribution in [0.3, 0.4) is 0 Å². The molecular weight excluding hydrogens is 252 g/mol. The van der Waals surface area contributed by atoms with E-state index in [1.165, 1.54) is 4.90 Å². The monoisotopic (exact) mass is 271 g/mol. The lowest BCUT2D eigenvalue weighted by molar-refractivity contribution is 0.0773. The molecule has 1 aliphatic heterocycles. The molecule has 0 fully saturated rings. The minimum absolute atomic E-state index is 0.458. The van der Waals surface area contributed by atoms with E-state index in [-0.39, 0.29) is 0 Å². The number of aryl methyl sites for hydroxylation is 1. The van der Waals surface area contributed by atoms with E-state index in [0.717, 1.165) is 17.7 Å². The second-order valence-corrected chi connectivity index (χ2v) is 5.83. The first-order valence-electron chi connectivity index (χ1n) is 6.36. The SMILES string of the molecule is CCNC(C)C(F)(CF)c1ccc2c(c1)CCS2. The lowest BCUT2D eigenvalue weighted by Crippen LogP contribution is -2.45. The molecule has 0 aliphatic carbocycles. The van der Waals surface area contributed by atoms with Gasteiger partial charge in [-0.3, -0.25) is 0 Å². The number of likely N-dealkylation sites (N-methyl/N-ethyl adjacent to an activating group) is 1. The van der Waals surface area contributed by atoms with E-state index in [4.69, 9.17) is 0 Å². The molecule has 2 rings (SSSR count). The van der Waals surface area contributed by atoms with Crippen LogP contribution in [0, 0.1) is 0 Å². The predicted octanol–water partition coefficient (Wildman–Crippen LogP) is 3.47. The van der Waals surface area contributed by atoms with E-state index in [1.807, 2.05) is 19.1 Å². The first-order chi connectivity index (χ1) is 8.61. The van der Waals surface area contributed by atoms with Crippen LogP contribution in [0.15, 0.2) is 23.1 Å². The minimum atomic E-state index is -1.93. The van der Waals surface area contributed by atoms with Crippen LogP contribution in [0.2, 0.25) is 0 Å². The number of fused-ring (bicyclic) bond motifs is 1. The molecule has 4 heteroatoms. The van der Waals surface area contributed by atoms with Gasteiger partial charge < -0.3 is 5.32 Å². The van der Waals surface area contributed by atoms with Crippen LogP contribution in [0.25, 0.3) is 0 Å². The molecule has 1 nitrogen and oxygen atoms in total. The Balaban J connectivity index is 2.32. The summed E-state index contributed by atoms with van der Waals surface area (Å²) in [5, 5.41) is 2.98. The van der Waals surface area contributed by atoms with Crippen LogP contribution in [0.4, 0.5) is 8.78 Å². The standard InChI is InChI=1S/C14H19F2NS/c1-3-17-10(2)14(16,9-15)12-4-5-13-11(8-12)6-7-18-13/h4-5,8,10,17H,3,6-7,9H2,1-2H3. The molecule has 0 spiro atoms. The van der Waals surface area contributed by atoms with E-state index in [2.05, 4.69) is 5.32 Å². The highest BCUT2D eigenvalue weighted by atomic mass is 32.2. The molecule has 0 saturated heterocycles. The van der Waals surface area contributed by atoms with Crippen molar-refractivity contribution in [2.24, 2.45) is 0 Å². The number of nitrogens with one attached hydrogen (secondary N) is 1. The molecule has 1 N–H and O–H groups in total. The lowest BCUT2D eigenvalue weighted by atomic mass is 9.89. The Kier molecular flexibility index (Phi) is 4.28. The fraction of sp³-hybridized carbons (Fsp3) is 0.571. The summed E-state index contributed by atoms with van der Waals surface area (Å²) < 4.78 is 28.1. The molecule has 1 aromatic carbocycles. The average molecular weight is 271 g/mol. The van der Waals surface area contributed by atoms with E-state index < -0.39 is 18.4 Å². The largest absolute Gasteiger partial charge is 0.311 e. The molecule has 1 aromatic rings. The van der Waals surface area contributed by atoms with Crippen molar-refractivity contribution in [3.8, 4) is 0 Å². The Morgan fingerprint density at radius 3 is 2.94 bits per heavy atom. The van der Waals surface area contributed by atoms with Gasteiger partial charge >= 0.3 is 0 Å². The first kappa shape index (κ1) is 13.8. The molecule has 1 heterocycles. The van der Waals surface area contributed by atoms with Crippen molar-refractivity contribution in [1.82, 2.24) is 5.32 Å². The summed E-state index contributed by atoms with van der Waals surface area (Å²) in [4.78, 5) is 1.20. The number of hydrogen-bond donors (Lipinski definition) is 1. The van der Waals surface area contributed by atoms with Gasteiger partial charge in [0.05, 0.1) is 0 Å². The smallest absolute Gasteiger partial charge is 0.178 e. The minimum Gasteiger partial charge on any atom is -0.311 e. The highest BCUT2D eigenvalue weighted by Gasteiger charge is 2.38. The first-order valence-corrected chi connectivity index (χ1v) is 7.35. The number of halogens is 2. The third-order valence-electron chi connectivity index (χ3n) is 3.56. The molecule has 2 atom stereocenters. The van der Waals surface area contributed by atoms with Crippen molar-refractivity contribution in [2.75, 3.05) is 19.0 Å². The summed E-state index contributed by atoms with van der Waals surface area (Å²) in [6, 6.07) is 4.96. The highest BCUT2D eigenvalue weighted by Crippen LogP contribution is 2.37. The summed E-state index contributed by atoms with van der Waals surface area (Å²) in [5.41, 5.74) is -0.324. The Bertz CT molecular complexity index is 424. The summed E-state index contributed by atoms with van der Waals surface area (Å²) in [7, 11) is 0. The Hall–Kier alpha value is -0.610. The third kappa shape index (κ3) is 2.41. The van der Waals surface area contributed by atoms with Gasteiger partial charge in [-0.1, -0.05) is 19.1 Å². The van der Waals surface area contributed by atoms with Crippen molar-refractivity contribution < 1.29 is 8.78 Å². The molecule has 18 heavy (non-hydrogen) atoms. The predicted molar refractivity (Wildman–Crippen MR) is 72.8 cm³/mol. The molecule has 2 unspecified atom stereocenters. The molecule has 0 radical (unpaired) electrons. The maximum absolute atomic E-state index is 14.9. The fourth-order valence-electron chi connectivity index (χ4n) is 2.36. The van der Waals surface area contributed by atoms with Crippen LogP contribution in [0.5, 0.6) is 0 Å². The van der Waals surface area contributed by atoms with Crippen molar-refractivity contribution in [1.29, 1.82) is 0 Å². The molecular formula is C14H19F2NS. The highest BCUT2D eigenvalue weighted by molar-refractivity contribution is 7.99. The van der Waals surface area contributed by atoms with E-state index >= 15 is 0 Å². The Labute approximate surface area is 111 Å². The van der Waals surface area contributed by atoms with Gasteiger partial charge in [-0.2, -0.15) is 0 Å². The van der Waals surface area contributed by atoms with Crippen molar-refractivity contribution in [2.45, 2.75) is 36.9 Å². The summed E-state index contributed by atoms with van der Waals surface area (Å²) in [6.45, 7) is 3.24. The zero-order valence-corrected chi connectivity index (χ0v) is 11.6. The number of benzene rings is 1. The van der Waals surface area contributed by atoms with Crippen LogP contribution < -0.4 is 5.32 Å². The number of alkyl halides is 2. The molecule has 0 saturated carbocycles. The van der Waals surface area contributed by atoms with Gasteiger partial charge in [0.15, 0.2) is 5.67 Å². The van der Waals surface area contributed by atoms with Gasteiger partial charge in [-0.25, -0.2) is 8.78 Å². The number of thioether (sulfide) groups is 1. The Morgan fingerprint density at radius 2 is 2.28 bits per heavy atom. The zero-order valence-electron chi connectivity index (χ0n) is 10.8. The maximum Gasteiger partial charge on any atom is 0.178 e. The zero-order chi connectivity index (χ0) is 13.2. The van der Waals surface area contributed by atoms with Gasteiger partial charge in [-0.15, -0.1) is 11.8 Å². The quantitative estimate of drug-likeness (QED) is 0.880. The maximum atomic E-state index is 14.9. The van der Waals surface area contributed by atoms with E-state index in [9.17, 15) is 8.78 Å². The fourth-order valence-corrected chi connectivity index (χ4v) is 3.41. The van der Waals surface area contributed by atoms with Gasteiger partial charge in [-0.05, 0) is 37.1 Å². The van der Waals surface area contributed by atoms with Gasteiger partial charge in [0.25, 0.3) is 0 Å². The van der Waals surface area contributed by atoms with Gasteiger partial charge in [0, 0.05) is 16.7 Å². The van der Waals surface area contributed by atoms with Crippen LogP contribution in [-0.2, 0) is 12.1 Å². The molecule has 0 amide bonds. The topological polar surface area (TPSA) is 12.0 Å². The number of rotatable bonds is 5. The second-order valence-electron chi connectivity index (χ2n) is 4.70. The second kappa shape index (κ2) is 5.57. The van der Waals surface area contributed by atoms with Gasteiger partial charge in [0.1, 0.15) is 6.67 Å². The molecule has 0 bridgehead atoms. The Morgan fingerprint density at radius 1 is 1.50 bits per heavy atom. The van der Waals surface area contributed by atoms with Crippen molar-refractivity contribution in [3.63, 3.8) is 0 Å². The van der Waals surface area contributed by atoms with Crippen molar-refractivity contribution >= 4 is 11.8 Å². The van der Waals surface area contributed by atoms with E-state index in [1.54, 1.807) is 24.8 Å². The molecule has 0 aromatic heterocycles. The summed E-state index contributed by atoms with van der Waals surface area (Å²) >= 11 is 1.78. The van der Waals surface area contributed by atoms with E-state index in [0.29, 0.717) is 12.1 Å². The normalized spacial score (nSPS) is 19.3. The average Bonchev–Trinajstić information content (AvgIpc) is 2.85. The van der Waals surface area contributed by atoms with Crippen LogP contribution in [-0.4, -0.2) is 25.0 Å². The van der Waals surface area contributed by atoms with Crippen molar-refractivity contribution in [3.05, 3.63) is 29.3 Å². The lowest BCUT2D eigenvalue weighted by Gasteiger charge is -2.30. The summed E-state index contributed by atoms with van der Waals surface area (Å²) in [6.07, 6.45) is 0.950.